The summed E-state index contributed by atoms with van der Waals surface area (Å²) in [5.74, 6) is -1.27. The fourth-order valence-corrected chi connectivity index (χ4v) is 10.1. The monoisotopic (exact) mass is 1030 g/mol. The van der Waals surface area contributed by atoms with E-state index in [0.717, 1.165) is 43.4 Å². The van der Waals surface area contributed by atoms with Gasteiger partial charge in [-0.25, -0.2) is 9.97 Å². The van der Waals surface area contributed by atoms with Crippen molar-refractivity contribution in [3.63, 3.8) is 0 Å². The molecule has 5 N–H and O–H groups in total. The van der Waals surface area contributed by atoms with Crippen molar-refractivity contribution in [3.05, 3.63) is 82.1 Å². The van der Waals surface area contributed by atoms with Gasteiger partial charge < -0.3 is 36.2 Å². The van der Waals surface area contributed by atoms with Crippen molar-refractivity contribution in [2.75, 3.05) is 13.1 Å². The fraction of sp³-hybridized carbons (Fsp3) is 0.564. The molecule has 6 atom stereocenters. The number of β-amino-alcohol motifs (C(OH)–C–C–N with tert-alkyl or cyclic N) is 1. The van der Waals surface area contributed by atoms with Crippen molar-refractivity contribution in [1.29, 1.82) is 0 Å². The first kappa shape index (κ1) is 57.4. The molecule has 4 heterocycles. The van der Waals surface area contributed by atoms with E-state index in [-0.39, 0.29) is 54.3 Å². The quantitative estimate of drug-likeness (QED) is 0.0938. The molecule has 2 aliphatic heterocycles. The number of aromatic nitrogens is 2. The molecule has 0 radical (unpaired) electrons. The lowest BCUT2D eigenvalue weighted by Crippen LogP contribution is -2.59. The lowest BCUT2D eigenvalue weighted by atomic mass is 9.84. The van der Waals surface area contributed by atoms with Gasteiger partial charge in [-0.1, -0.05) is 139 Å². The minimum atomic E-state index is -0.826. The van der Waals surface area contributed by atoms with E-state index < -0.39 is 51.9 Å². The van der Waals surface area contributed by atoms with Gasteiger partial charge in [-0.15, -0.1) is 22.7 Å². The van der Waals surface area contributed by atoms with Gasteiger partial charge in [0, 0.05) is 43.4 Å². The third-order valence-corrected chi connectivity index (χ3v) is 14.9. The second-order valence-corrected chi connectivity index (χ2v) is 25.4. The van der Waals surface area contributed by atoms with Gasteiger partial charge in [0.05, 0.1) is 38.3 Å². The van der Waals surface area contributed by atoms with Gasteiger partial charge in [0.1, 0.15) is 24.2 Å². The summed E-state index contributed by atoms with van der Waals surface area (Å²) in [4.78, 5) is 93.0. The highest BCUT2D eigenvalue weighted by atomic mass is 32.1. The molecular weight excluding hydrogens is 949 g/mol. The van der Waals surface area contributed by atoms with Crippen molar-refractivity contribution < 1.29 is 33.9 Å². The largest absolute Gasteiger partial charge is 0.391 e. The van der Waals surface area contributed by atoms with E-state index in [1.807, 2.05) is 143 Å². The lowest BCUT2D eigenvalue weighted by molar-refractivity contribution is -0.145. The zero-order chi connectivity index (χ0) is 53.7. The molecular formula is C55H78N8O7S2. The summed E-state index contributed by atoms with van der Waals surface area (Å²) >= 11 is 3.20. The molecule has 0 bridgehead atoms. The number of aliphatic hydroxyl groups excluding tert-OH is 1. The minimum Gasteiger partial charge on any atom is -0.391 e. The average molecular weight is 1030 g/mol. The van der Waals surface area contributed by atoms with Gasteiger partial charge in [-0.2, -0.15) is 0 Å². The van der Waals surface area contributed by atoms with Gasteiger partial charge in [0.25, 0.3) is 0 Å². The summed E-state index contributed by atoms with van der Waals surface area (Å²) in [6, 6.07) is 13.1. The molecule has 15 nitrogen and oxygen atoms in total. The van der Waals surface area contributed by atoms with Gasteiger partial charge in [-0.3, -0.25) is 28.8 Å². The number of thiazole rings is 2. The standard InChI is InChI=1S/C28H40N4O3S.C27H38N4O4S/c1-17-13-21(32(15-17)25(34)23(27(3,4)5)31-26(35)28(6,7)8)24(33)29-14-19-9-11-20(12-10-19)22-18(2)30-16-36-22;1-16-21(36-15-29-16)18-10-8-17(9-11-18)13-28-23(33)20-12-19(32)14-31(20)24(34)22(26(2,3)4)30-25(35)27(5,6)7/h9-12,16-17,21,23H,13-15H2,1-8H3,(H,29,33)(H,31,35);8-11,15,19-20,22,32H,12-14H2,1-7H3,(H,28,33)(H,30,35)/t17-,21+,23?;19-,20+,22-/m10/s1. The molecule has 4 aromatic rings. The molecule has 392 valence electrons. The highest BCUT2D eigenvalue weighted by Gasteiger charge is 2.46. The van der Waals surface area contributed by atoms with Crippen LogP contribution < -0.4 is 21.3 Å². The fourth-order valence-electron chi connectivity index (χ4n) is 8.49. The molecule has 17 heteroatoms. The number of aryl methyl sites for hydroxylation is 2. The molecule has 1 unspecified atom stereocenters. The number of hydrogen-bond acceptors (Lipinski definition) is 11. The lowest BCUT2D eigenvalue weighted by Gasteiger charge is -2.36. The third kappa shape index (κ3) is 14.8. The van der Waals surface area contributed by atoms with Crippen molar-refractivity contribution in [3.8, 4) is 20.9 Å². The Bertz CT molecular complexity index is 2370. The number of hydrogen-bond donors (Lipinski definition) is 5. The minimum absolute atomic E-state index is 0.0534. The number of nitrogens with zero attached hydrogens (tertiary/aromatic N) is 4. The Morgan fingerprint density at radius 2 is 0.958 bits per heavy atom. The molecule has 2 fully saturated rings. The van der Waals surface area contributed by atoms with Crippen LogP contribution in [0.15, 0.2) is 59.6 Å². The van der Waals surface area contributed by atoms with Crippen molar-refractivity contribution in [1.82, 2.24) is 41.0 Å². The number of rotatable bonds is 12. The molecule has 2 saturated heterocycles. The number of nitrogens with one attached hydrogen (secondary N) is 4. The molecule has 2 aromatic carbocycles. The van der Waals surface area contributed by atoms with Gasteiger partial charge in [0.15, 0.2) is 0 Å². The smallest absolute Gasteiger partial charge is 0.246 e. The van der Waals surface area contributed by atoms with E-state index in [1.165, 1.54) is 4.90 Å². The summed E-state index contributed by atoms with van der Waals surface area (Å²) in [5.41, 5.74) is 7.39. The summed E-state index contributed by atoms with van der Waals surface area (Å²) in [7, 11) is 0. The Morgan fingerprint density at radius 3 is 1.29 bits per heavy atom. The maximum absolute atomic E-state index is 13.7. The summed E-state index contributed by atoms with van der Waals surface area (Å²) < 4.78 is 0. The molecule has 72 heavy (non-hydrogen) atoms. The predicted octanol–water partition coefficient (Wildman–Crippen LogP) is 7.82. The number of carbonyl (C=O) groups excluding carboxylic acids is 6. The third-order valence-electron chi connectivity index (χ3n) is 13.0. The Labute approximate surface area is 434 Å². The van der Waals surface area contributed by atoms with Crippen LogP contribution in [0.3, 0.4) is 0 Å². The normalized spacial score (nSPS) is 19.2. The predicted molar refractivity (Wildman–Crippen MR) is 285 cm³/mol. The highest BCUT2D eigenvalue weighted by Crippen LogP contribution is 2.32. The molecule has 6 amide bonds. The van der Waals surface area contributed by atoms with Crippen LogP contribution in [0.2, 0.25) is 0 Å². The van der Waals surface area contributed by atoms with Crippen LogP contribution in [0.1, 0.15) is 125 Å². The SMILES string of the molecule is Cc1ncsc1-c1ccc(CNC(=O)[C@@H]2C[C@@H](C)CN2C(=O)C(NC(=O)C(C)(C)C)C(C)(C)C)cc1.Cc1ncsc1-c1ccc(CNC(=O)[C@H]2C[C@H](O)CN2C(=O)[C@H](NC(=O)C(C)(C)C)C(C)(C)C)cc1. The van der Waals surface area contributed by atoms with Crippen LogP contribution in [0, 0.1) is 41.4 Å². The zero-order valence-corrected chi connectivity index (χ0v) is 46.6. The number of aliphatic hydroxyl groups is 1. The first-order valence-electron chi connectivity index (χ1n) is 24.8. The topological polar surface area (TPSA) is 203 Å². The zero-order valence-electron chi connectivity index (χ0n) is 45.0. The van der Waals surface area contributed by atoms with Gasteiger partial charge in [0.2, 0.25) is 35.4 Å². The van der Waals surface area contributed by atoms with Crippen LogP contribution in [0.25, 0.3) is 20.9 Å². The number of likely N-dealkylation sites (tertiary alicyclic amines) is 2. The average Bonchev–Trinajstić information content (AvgIpc) is 4.11. The number of benzene rings is 2. The molecule has 0 spiro atoms. The number of carbonyl (C=O) groups is 6. The molecule has 0 aliphatic carbocycles. The highest BCUT2D eigenvalue weighted by molar-refractivity contribution is 7.13. The Balaban J connectivity index is 0.000000267. The van der Waals surface area contributed by atoms with E-state index in [0.29, 0.717) is 26.1 Å². The molecule has 0 saturated carbocycles. The van der Waals surface area contributed by atoms with Gasteiger partial charge in [-0.05, 0) is 59.3 Å². The van der Waals surface area contributed by atoms with E-state index in [9.17, 15) is 33.9 Å². The van der Waals surface area contributed by atoms with E-state index in [2.05, 4.69) is 31.2 Å². The first-order chi connectivity index (χ1) is 33.4. The summed E-state index contributed by atoms with van der Waals surface area (Å²) in [6.07, 6.45) is -0.0400. The maximum Gasteiger partial charge on any atom is 0.246 e. The number of amides is 6. The Morgan fingerprint density at radius 1 is 0.597 bits per heavy atom. The summed E-state index contributed by atoms with van der Waals surface area (Å²) in [5, 5.41) is 22.1. The van der Waals surface area contributed by atoms with Gasteiger partial charge >= 0.3 is 0 Å². The molecule has 2 aliphatic rings. The van der Waals surface area contributed by atoms with Crippen LogP contribution >= 0.6 is 22.7 Å². The van der Waals surface area contributed by atoms with Crippen LogP contribution in [0.4, 0.5) is 0 Å². The molecule has 2 aromatic heterocycles. The Hall–Kier alpha value is -5.52. The van der Waals surface area contributed by atoms with Crippen molar-refractivity contribution in [2.45, 2.75) is 160 Å². The van der Waals surface area contributed by atoms with E-state index >= 15 is 0 Å². The second-order valence-electron chi connectivity index (χ2n) is 23.7. The first-order valence-corrected chi connectivity index (χ1v) is 26.6. The van der Waals surface area contributed by atoms with E-state index in [1.54, 1.807) is 48.3 Å². The van der Waals surface area contributed by atoms with Crippen LogP contribution in [-0.4, -0.2) is 104 Å². The Kier molecular flexibility index (Phi) is 18.4. The second kappa shape index (κ2) is 23.1. The van der Waals surface area contributed by atoms with Crippen LogP contribution in [0.5, 0.6) is 0 Å². The van der Waals surface area contributed by atoms with Crippen molar-refractivity contribution in [2.24, 2.45) is 27.6 Å². The van der Waals surface area contributed by atoms with E-state index in [4.69, 9.17) is 0 Å². The van der Waals surface area contributed by atoms with Crippen LogP contribution in [-0.2, 0) is 41.9 Å². The molecule has 6 rings (SSSR count). The van der Waals surface area contributed by atoms with Crippen molar-refractivity contribution >= 4 is 58.1 Å². The maximum atomic E-state index is 13.7. The summed E-state index contributed by atoms with van der Waals surface area (Å²) in [6.45, 7) is 29.5.